The van der Waals surface area contributed by atoms with Gasteiger partial charge in [0.1, 0.15) is 0 Å². The first-order valence-electron chi connectivity index (χ1n) is 8.09. The number of hydrogen-bond acceptors (Lipinski definition) is 1. The van der Waals surface area contributed by atoms with Crippen molar-refractivity contribution in [1.29, 1.82) is 0 Å². The Balaban J connectivity index is 1.82. The molecule has 1 heteroatoms. The summed E-state index contributed by atoms with van der Waals surface area (Å²) in [6, 6.07) is 16.2. The summed E-state index contributed by atoms with van der Waals surface area (Å²) in [6.45, 7) is 3.36. The molecule has 0 aromatic heterocycles. The zero-order chi connectivity index (χ0) is 13.8. The van der Waals surface area contributed by atoms with Crippen molar-refractivity contribution < 1.29 is 0 Å². The highest BCUT2D eigenvalue weighted by atomic mass is 14.9. The Morgan fingerprint density at radius 2 is 1.90 bits per heavy atom. The van der Waals surface area contributed by atoms with Gasteiger partial charge in [0.25, 0.3) is 0 Å². The number of benzene rings is 2. The summed E-state index contributed by atoms with van der Waals surface area (Å²) in [5.74, 6) is 0.941. The van der Waals surface area contributed by atoms with Gasteiger partial charge >= 0.3 is 0 Å². The molecule has 1 fully saturated rings. The van der Waals surface area contributed by atoms with Crippen LogP contribution in [0.4, 0.5) is 0 Å². The molecule has 2 aromatic carbocycles. The number of nitrogens with one attached hydrogen (secondary N) is 1. The molecule has 0 aliphatic heterocycles. The fourth-order valence-electron chi connectivity index (χ4n) is 3.14. The van der Waals surface area contributed by atoms with Crippen molar-refractivity contribution in [2.75, 3.05) is 6.54 Å². The van der Waals surface area contributed by atoms with Crippen molar-refractivity contribution in [2.24, 2.45) is 5.92 Å². The van der Waals surface area contributed by atoms with Gasteiger partial charge in [-0.15, -0.1) is 0 Å². The molecule has 2 aromatic rings. The monoisotopic (exact) mass is 267 g/mol. The first-order chi connectivity index (χ1) is 9.86. The minimum absolute atomic E-state index is 0.532. The lowest BCUT2D eigenvalue weighted by Crippen LogP contribution is -2.26. The Bertz CT molecular complexity index is 556. The second kappa shape index (κ2) is 6.41. The van der Waals surface area contributed by atoms with E-state index in [1.165, 1.54) is 48.4 Å². The Kier molecular flexibility index (Phi) is 4.37. The van der Waals surface area contributed by atoms with E-state index in [1.807, 2.05) is 0 Å². The predicted octanol–water partition coefficient (Wildman–Crippen LogP) is 5.07. The van der Waals surface area contributed by atoms with Crippen molar-refractivity contribution in [1.82, 2.24) is 5.32 Å². The van der Waals surface area contributed by atoms with Crippen molar-refractivity contribution >= 4 is 10.8 Å². The summed E-state index contributed by atoms with van der Waals surface area (Å²) in [5.41, 5.74) is 1.46. The molecule has 0 amide bonds. The SMILES string of the molecule is CCCNC(CC1CCC1)c1ccc2ccccc2c1. The quantitative estimate of drug-likeness (QED) is 0.770. The summed E-state index contributed by atoms with van der Waals surface area (Å²) in [6.07, 6.45) is 6.80. The highest BCUT2D eigenvalue weighted by Crippen LogP contribution is 2.35. The van der Waals surface area contributed by atoms with Crippen LogP contribution in [0, 0.1) is 5.92 Å². The zero-order valence-corrected chi connectivity index (χ0v) is 12.4. The van der Waals surface area contributed by atoms with E-state index in [0.29, 0.717) is 6.04 Å². The van der Waals surface area contributed by atoms with E-state index in [1.54, 1.807) is 0 Å². The average molecular weight is 267 g/mol. The molecule has 20 heavy (non-hydrogen) atoms. The molecular formula is C19H25N. The van der Waals surface area contributed by atoms with Crippen LogP contribution < -0.4 is 5.32 Å². The summed E-state index contributed by atoms with van der Waals surface area (Å²) in [4.78, 5) is 0. The summed E-state index contributed by atoms with van der Waals surface area (Å²) >= 11 is 0. The Labute approximate surface area is 122 Å². The van der Waals surface area contributed by atoms with E-state index in [-0.39, 0.29) is 0 Å². The third-order valence-electron chi connectivity index (χ3n) is 4.61. The molecule has 0 saturated heterocycles. The van der Waals surface area contributed by atoms with Gasteiger partial charge in [-0.2, -0.15) is 0 Å². The second-order valence-electron chi connectivity index (χ2n) is 6.15. The normalized spacial score (nSPS) is 17.1. The van der Waals surface area contributed by atoms with Crippen molar-refractivity contribution in [3.8, 4) is 0 Å². The molecule has 0 radical (unpaired) electrons. The van der Waals surface area contributed by atoms with Gasteiger partial charge < -0.3 is 5.32 Å². The van der Waals surface area contributed by atoms with Gasteiger partial charge in [0.05, 0.1) is 0 Å². The number of fused-ring (bicyclic) bond motifs is 1. The van der Waals surface area contributed by atoms with E-state index in [2.05, 4.69) is 54.7 Å². The van der Waals surface area contributed by atoms with Gasteiger partial charge in [0.15, 0.2) is 0 Å². The first kappa shape index (κ1) is 13.6. The van der Waals surface area contributed by atoms with Gasteiger partial charge in [-0.3, -0.25) is 0 Å². The lowest BCUT2D eigenvalue weighted by molar-refractivity contribution is 0.261. The average Bonchev–Trinajstić information content (AvgIpc) is 2.45. The predicted molar refractivity (Wildman–Crippen MR) is 86.9 cm³/mol. The molecule has 106 valence electrons. The molecule has 1 nitrogen and oxygen atoms in total. The Hall–Kier alpha value is -1.34. The van der Waals surface area contributed by atoms with Gasteiger partial charge in [-0.25, -0.2) is 0 Å². The van der Waals surface area contributed by atoms with E-state index >= 15 is 0 Å². The Morgan fingerprint density at radius 3 is 2.60 bits per heavy atom. The third kappa shape index (κ3) is 3.04. The van der Waals surface area contributed by atoms with E-state index in [9.17, 15) is 0 Å². The second-order valence-corrected chi connectivity index (χ2v) is 6.15. The summed E-state index contributed by atoms with van der Waals surface area (Å²) in [7, 11) is 0. The summed E-state index contributed by atoms with van der Waals surface area (Å²) < 4.78 is 0. The zero-order valence-electron chi connectivity index (χ0n) is 12.4. The first-order valence-corrected chi connectivity index (χ1v) is 8.09. The highest BCUT2D eigenvalue weighted by molar-refractivity contribution is 5.83. The van der Waals surface area contributed by atoms with Crippen LogP contribution in [0.3, 0.4) is 0 Å². The maximum Gasteiger partial charge on any atom is 0.0323 e. The van der Waals surface area contributed by atoms with Crippen LogP contribution in [0.2, 0.25) is 0 Å². The minimum atomic E-state index is 0.532. The van der Waals surface area contributed by atoms with E-state index < -0.39 is 0 Å². The fourth-order valence-corrected chi connectivity index (χ4v) is 3.14. The lowest BCUT2D eigenvalue weighted by atomic mass is 9.79. The molecular weight excluding hydrogens is 242 g/mol. The lowest BCUT2D eigenvalue weighted by Gasteiger charge is -2.30. The van der Waals surface area contributed by atoms with Crippen molar-refractivity contribution in [2.45, 2.75) is 45.1 Å². The van der Waals surface area contributed by atoms with E-state index in [0.717, 1.165) is 12.5 Å². The maximum atomic E-state index is 3.75. The Morgan fingerprint density at radius 1 is 1.10 bits per heavy atom. The van der Waals surface area contributed by atoms with Crippen LogP contribution in [0.5, 0.6) is 0 Å². The molecule has 1 unspecified atom stereocenters. The topological polar surface area (TPSA) is 12.0 Å². The van der Waals surface area contributed by atoms with Gasteiger partial charge in [-0.1, -0.05) is 62.6 Å². The molecule has 1 atom stereocenters. The molecule has 1 N–H and O–H groups in total. The summed E-state index contributed by atoms with van der Waals surface area (Å²) in [5, 5.41) is 6.45. The van der Waals surface area contributed by atoms with Crippen LogP contribution in [-0.4, -0.2) is 6.54 Å². The van der Waals surface area contributed by atoms with Gasteiger partial charge in [0, 0.05) is 6.04 Å². The number of rotatable bonds is 6. The molecule has 0 heterocycles. The van der Waals surface area contributed by atoms with Crippen LogP contribution >= 0.6 is 0 Å². The molecule has 0 spiro atoms. The van der Waals surface area contributed by atoms with E-state index in [4.69, 9.17) is 0 Å². The third-order valence-corrected chi connectivity index (χ3v) is 4.61. The van der Waals surface area contributed by atoms with Crippen LogP contribution in [0.15, 0.2) is 42.5 Å². The minimum Gasteiger partial charge on any atom is -0.310 e. The smallest absolute Gasteiger partial charge is 0.0323 e. The molecule has 1 saturated carbocycles. The van der Waals surface area contributed by atoms with Gasteiger partial charge in [-0.05, 0) is 47.7 Å². The van der Waals surface area contributed by atoms with Crippen molar-refractivity contribution in [3.05, 3.63) is 48.0 Å². The number of hydrogen-bond donors (Lipinski definition) is 1. The fraction of sp³-hybridized carbons (Fsp3) is 0.474. The highest BCUT2D eigenvalue weighted by Gasteiger charge is 2.22. The molecule has 0 bridgehead atoms. The van der Waals surface area contributed by atoms with Crippen molar-refractivity contribution in [3.63, 3.8) is 0 Å². The van der Waals surface area contributed by atoms with Crippen LogP contribution in [0.25, 0.3) is 10.8 Å². The van der Waals surface area contributed by atoms with Crippen LogP contribution in [0.1, 0.15) is 50.6 Å². The largest absolute Gasteiger partial charge is 0.310 e. The van der Waals surface area contributed by atoms with Gasteiger partial charge in [0.2, 0.25) is 0 Å². The molecule has 1 aliphatic carbocycles. The molecule has 3 rings (SSSR count). The maximum absolute atomic E-state index is 3.75. The standard InChI is InChI=1S/C19H25N/c1-2-12-20-19(13-15-6-5-7-15)18-11-10-16-8-3-4-9-17(16)14-18/h3-4,8-11,14-15,19-20H,2,5-7,12-13H2,1H3. The van der Waals surface area contributed by atoms with Crippen LogP contribution in [-0.2, 0) is 0 Å². The molecule has 1 aliphatic rings.